The Morgan fingerprint density at radius 1 is 1.47 bits per heavy atom. The maximum atomic E-state index is 11.0. The number of ether oxygens (including phenoxy) is 1. The van der Waals surface area contributed by atoms with E-state index in [9.17, 15) is 4.79 Å². The van der Waals surface area contributed by atoms with Crippen LogP contribution in [0.4, 0.5) is 5.69 Å². The number of morpholine rings is 1. The van der Waals surface area contributed by atoms with Gasteiger partial charge in [-0.25, -0.2) is 4.79 Å². The zero-order valence-corrected chi connectivity index (χ0v) is 11.9. The Morgan fingerprint density at radius 3 is 2.68 bits per heavy atom. The summed E-state index contributed by atoms with van der Waals surface area (Å²) >= 11 is 0. The fourth-order valence-corrected chi connectivity index (χ4v) is 2.78. The molecule has 0 bridgehead atoms. The first-order valence-electron chi connectivity index (χ1n) is 6.55. The van der Waals surface area contributed by atoms with E-state index in [0.29, 0.717) is 5.56 Å². The summed E-state index contributed by atoms with van der Waals surface area (Å²) in [7, 11) is 0. The lowest BCUT2D eigenvalue weighted by Crippen LogP contribution is -2.52. The summed E-state index contributed by atoms with van der Waals surface area (Å²) in [6.07, 6.45) is 0.169. The van der Waals surface area contributed by atoms with Gasteiger partial charge in [0.15, 0.2) is 0 Å². The fourth-order valence-electron chi connectivity index (χ4n) is 2.78. The smallest absolute Gasteiger partial charge is 0.335 e. The lowest BCUT2D eigenvalue weighted by molar-refractivity contribution is -0.0750. The highest BCUT2D eigenvalue weighted by atomic mass is 16.5. The van der Waals surface area contributed by atoms with Crippen molar-refractivity contribution in [3.05, 3.63) is 29.3 Å². The van der Waals surface area contributed by atoms with Crippen molar-refractivity contribution in [2.45, 2.75) is 39.4 Å². The van der Waals surface area contributed by atoms with Gasteiger partial charge in [-0.1, -0.05) is 0 Å². The van der Waals surface area contributed by atoms with Crippen molar-refractivity contribution in [3.8, 4) is 0 Å². The predicted molar refractivity (Wildman–Crippen MR) is 75.0 cm³/mol. The Hall–Kier alpha value is -1.55. The van der Waals surface area contributed by atoms with Gasteiger partial charge in [0.1, 0.15) is 0 Å². The van der Waals surface area contributed by atoms with E-state index in [0.717, 1.165) is 24.3 Å². The molecule has 4 heteroatoms. The second-order valence-corrected chi connectivity index (χ2v) is 5.88. The van der Waals surface area contributed by atoms with Gasteiger partial charge in [-0.2, -0.15) is 0 Å². The first-order chi connectivity index (χ1) is 8.78. The summed E-state index contributed by atoms with van der Waals surface area (Å²) in [5.41, 5.74) is 2.23. The lowest BCUT2D eigenvalue weighted by atomic mass is 10.0. The Kier molecular flexibility index (Phi) is 3.54. The number of aryl methyl sites for hydroxylation is 1. The number of carboxylic acid groups (broad SMARTS) is 1. The quantitative estimate of drug-likeness (QED) is 0.891. The van der Waals surface area contributed by atoms with Gasteiger partial charge in [-0.05, 0) is 51.5 Å². The average Bonchev–Trinajstić information content (AvgIpc) is 2.25. The standard InChI is InChI=1S/C15H21NO3/c1-10-7-12(14(17)18)5-6-13(10)16-8-11(2)19-15(3,4)9-16/h5-7,11H,8-9H2,1-4H3,(H,17,18). The van der Waals surface area contributed by atoms with E-state index in [2.05, 4.69) is 25.7 Å². The number of rotatable bonds is 2. The minimum atomic E-state index is -0.884. The molecule has 1 N–H and O–H groups in total. The normalized spacial score (nSPS) is 22.3. The molecule has 1 fully saturated rings. The summed E-state index contributed by atoms with van der Waals surface area (Å²) in [5, 5.41) is 9.00. The van der Waals surface area contributed by atoms with E-state index in [-0.39, 0.29) is 11.7 Å². The largest absolute Gasteiger partial charge is 0.478 e. The van der Waals surface area contributed by atoms with Gasteiger partial charge in [0.2, 0.25) is 0 Å². The van der Waals surface area contributed by atoms with Gasteiger partial charge in [-0.15, -0.1) is 0 Å². The summed E-state index contributed by atoms with van der Waals surface area (Å²) < 4.78 is 5.89. The Bertz CT molecular complexity index is 496. The minimum absolute atomic E-state index is 0.169. The van der Waals surface area contributed by atoms with E-state index in [1.807, 2.05) is 13.0 Å². The third-order valence-corrected chi connectivity index (χ3v) is 3.35. The van der Waals surface area contributed by atoms with Gasteiger partial charge in [0.25, 0.3) is 0 Å². The maximum absolute atomic E-state index is 11.0. The highest BCUT2D eigenvalue weighted by Gasteiger charge is 2.31. The molecule has 0 saturated carbocycles. The zero-order chi connectivity index (χ0) is 14.2. The molecule has 1 aromatic carbocycles. The fraction of sp³-hybridized carbons (Fsp3) is 0.533. The molecule has 1 atom stereocenters. The molecule has 0 aromatic heterocycles. The van der Waals surface area contributed by atoms with Crippen LogP contribution in [-0.2, 0) is 4.74 Å². The van der Waals surface area contributed by atoms with Crippen LogP contribution in [0.5, 0.6) is 0 Å². The summed E-state index contributed by atoms with van der Waals surface area (Å²) in [4.78, 5) is 13.2. The van der Waals surface area contributed by atoms with Gasteiger partial charge in [-0.3, -0.25) is 0 Å². The van der Waals surface area contributed by atoms with Crippen LogP contribution in [0.2, 0.25) is 0 Å². The molecule has 1 unspecified atom stereocenters. The lowest BCUT2D eigenvalue weighted by Gasteiger charge is -2.43. The van der Waals surface area contributed by atoms with Crippen LogP contribution in [0.3, 0.4) is 0 Å². The summed E-state index contributed by atoms with van der Waals surface area (Å²) in [6.45, 7) is 9.82. The molecule has 1 heterocycles. The van der Waals surface area contributed by atoms with Crippen LogP contribution in [0.25, 0.3) is 0 Å². The molecular formula is C15H21NO3. The number of carbonyl (C=O) groups is 1. The molecule has 1 aromatic rings. The molecule has 2 rings (SSSR count). The SMILES string of the molecule is Cc1cc(C(=O)O)ccc1N1CC(C)OC(C)(C)C1. The number of nitrogens with zero attached hydrogens (tertiary/aromatic N) is 1. The van der Waals surface area contributed by atoms with Crippen molar-refractivity contribution in [1.29, 1.82) is 0 Å². The number of hydrogen-bond donors (Lipinski definition) is 1. The zero-order valence-electron chi connectivity index (χ0n) is 11.9. The Labute approximate surface area is 114 Å². The molecule has 0 aliphatic carbocycles. The van der Waals surface area contributed by atoms with Gasteiger partial charge >= 0.3 is 5.97 Å². The molecule has 1 aliphatic heterocycles. The molecule has 1 aliphatic rings. The topological polar surface area (TPSA) is 49.8 Å². The van der Waals surface area contributed by atoms with Crippen LogP contribution in [0.15, 0.2) is 18.2 Å². The van der Waals surface area contributed by atoms with Crippen molar-refractivity contribution in [2.75, 3.05) is 18.0 Å². The van der Waals surface area contributed by atoms with Crippen molar-refractivity contribution in [3.63, 3.8) is 0 Å². The Morgan fingerprint density at radius 2 is 2.16 bits per heavy atom. The number of anilines is 1. The van der Waals surface area contributed by atoms with Crippen molar-refractivity contribution >= 4 is 11.7 Å². The Balaban J connectivity index is 2.29. The maximum Gasteiger partial charge on any atom is 0.335 e. The van der Waals surface area contributed by atoms with Crippen molar-refractivity contribution < 1.29 is 14.6 Å². The van der Waals surface area contributed by atoms with E-state index >= 15 is 0 Å². The second-order valence-electron chi connectivity index (χ2n) is 5.88. The second kappa shape index (κ2) is 4.85. The third-order valence-electron chi connectivity index (χ3n) is 3.35. The van der Waals surface area contributed by atoms with E-state index < -0.39 is 5.97 Å². The van der Waals surface area contributed by atoms with Crippen LogP contribution in [0, 0.1) is 6.92 Å². The summed E-state index contributed by atoms with van der Waals surface area (Å²) in [6, 6.07) is 5.29. The molecule has 104 valence electrons. The highest BCUT2D eigenvalue weighted by molar-refractivity contribution is 5.88. The number of benzene rings is 1. The molecule has 1 saturated heterocycles. The minimum Gasteiger partial charge on any atom is -0.478 e. The van der Waals surface area contributed by atoms with Gasteiger partial charge in [0.05, 0.1) is 17.3 Å². The van der Waals surface area contributed by atoms with E-state index in [4.69, 9.17) is 9.84 Å². The van der Waals surface area contributed by atoms with Crippen LogP contribution >= 0.6 is 0 Å². The predicted octanol–water partition coefficient (Wildman–Crippen LogP) is 2.70. The molecule has 0 radical (unpaired) electrons. The van der Waals surface area contributed by atoms with Crippen LogP contribution in [-0.4, -0.2) is 35.9 Å². The molecule has 0 amide bonds. The highest BCUT2D eigenvalue weighted by Crippen LogP contribution is 2.28. The number of aromatic carboxylic acids is 1. The van der Waals surface area contributed by atoms with Gasteiger partial charge in [0, 0.05) is 18.8 Å². The average molecular weight is 263 g/mol. The molecule has 19 heavy (non-hydrogen) atoms. The monoisotopic (exact) mass is 263 g/mol. The first kappa shape index (κ1) is 13.9. The third kappa shape index (κ3) is 3.07. The van der Waals surface area contributed by atoms with Crippen LogP contribution < -0.4 is 4.90 Å². The van der Waals surface area contributed by atoms with Crippen LogP contribution in [0.1, 0.15) is 36.7 Å². The van der Waals surface area contributed by atoms with E-state index in [1.54, 1.807) is 12.1 Å². The molecule has 0 spiro atoms. The van der Waals surface area contributed by atoms with E-state index in [1.165, 1.54) is 0 Å². The first-order valence-corrected chi connectivity index (χ1v) is 6.55. The van der Waals surface area contributed by atoms with Crippen molar-refractivity contribution in [1.82, 2.24) is 0 Å². The number of carboxylic acids is 1. The van der Waals surface area contributed by atoms with Gasteiger partial charge < -0.3 is 14.7 Å². The van der Waals surface area contributed by atoms with Crippen molar-refractivity contribution in [2.24, 2.45) is 0 Å². The summed E-state index contributed by atoms with van der Waals surface area (Å²) in [5.74, 6) is -0.884. The molecule has 4 nitrogen and oxygen atoms in total. The molecular weight excluding hydrogens is 242 g/mol. The number of hydrogen-bond acceptors (Lipinski definition) is 3.